The van der Waals surface area contributed by atoms with Gasteiger partial charge in [-0.05, 0) is 65.9 Å². The summed E-state index contributed by atoms with van der Waals surface area (Å²) in [5.41, 5.74) is -0.490. The second-order valence-electron chi connectivity index (χ2n) is 16.1. The number of hydrogen-bond donors (Lipinski definition) is 2. The Hall–Kier alpha value is -5.48. The molecule has 0 amide bonds. The molecule has 15 nitrogen and oxygen atoms in total. The van der Waals surface area contributed by atoms with Gasteiger partial charge < -0.3 is 29.0 Å². The zero-order valence-corrected chi connectivity index (χ0v) is 38.3. The van der Waals surface area contributed by atoms with Crippen molar-refractivity contribution >= 4 is 36.6 Å². The minimum atomic E-state index is -4.07. The molecule has 17 heteroatoms. The van der Waals surface area contributed by atoms with E-state index in [9.17, 15) is 18.9 Å². The molecule has 5 aromatic rings. The predicted octanol–water partition coefficient (Wildman–Crippen LogP) is 8.48. The molecule has 2 aliphatic rings. The lowest BCUT2D eigenvalue weighted by molar-refractivity contribution is -0.118. The van der Waals surface area contributed by atoms with E-state index in [4.69, 9.17) is 32.7 Å². The number of methoxy groups -OCH3 is 2. The van der Waals surface area contributed by atoms with Gasteiger partial charge in [-0.25, -0.2) is 19.2 Å². The molecule has 5 atom stereocenters. The molecule has 0 aliphatic carbocycles. The number of anilines is 1. The Morgan fingerprint density at radius 2 is 1.45 bits per heavy atom. The molecule has 2 fully saturated rings. The fourth-order valence-electron chi connectivity index (χ4n) is 7.61. The van der Waals surface area contributed by atoms with E-state index in [0.717, 1.165) is 34.0 Å². The highest BCUT2D eigenvalue weighted by molar-refractivity contribution is 8.13. The third-order valence-corrected chi connectivity index (χ3v) is 14.4. The van der Waals surface area contributed by atoms with Crippen LogP contribution in [-0.4, -0.2) is 71.8 Å². The van der Waals surface area contributed by atoms with E-state index < -0.39 is 54.6 Å². The van der Waals surface area contributed by atoms with Crippen molar-refractivity contribution in [3.8, 4) is 11.5 Å². The van der Waals surface area contributed by atoms with Gasteiger partial charge in [-0.15, -0.1) is 0 Å². The molecule has 0 radical (unpaired) electrons. The van der Waals surface area contributed by atoms with Crippen molar-refractivity contribution in [2.75, 3.05) is 38.5 Å². The molecule has 2 unspecified atom stereocenters. The molecule has 0 saturated carbocycles. The molecular formula is C47H53N4O11PS. The van der Waals surface area contributed by atoms with Gasteiger partial charge in [0.2, 0.25) is 0 Å². The smallest absolute Gasteiger partial charge is 0.497 e. The van der Waals surface area contributed by atoms with Crippen molar-refractivity contribution in [3.05, 3.63) is 154 Å². The maximum absolute atomic E-state index is 14.3. The average molecular weight is 913 g/mol. The first-order valence-corrected chi connectivity index (χ1v) is 23.4. The Morgan fingerprint density at radius 3 is 2.03 bits per heavy atom. The number of benzene rings is 4. The summed E-state index contributed by atoms with van der Waals surface area (Å²) in [6, 6.07) is 35.9. The molecule has 7 rings (SSSR count). The van der Waals surface area contributed by atoms with Gasteiger partial charge >= 0.3 is 19.6 Å². The highest BCUT2D eigenvalue weighted by atomic mass is 32.2. The van der Waals surface area contributed by atoms with Crippen molar-refractivity contribution < 1.29 is 46.9 Å². The van der Waals surface area contributed by atoms with Crippen molar-refractivity contribution in [2.45, 2.75) is 70.2 Å². The highest BCUT2D eigenvalue weighted by Crippen LogP contribution is 2.50. The van der Waals surface area contributed by atoms with Crippen LogP contribution in [0.3, 0.4) is 0 Å². The van der Waals surface area contributed by atoms with Crippen LogP contribution in [0, 0.1) is 5.41 Å². The van der Waals surface area contributed by atoms with Crippen LogP contribution in [0.25, 0.3) is 0 Å². The first-order chi connectivity index (χ1) is 30.7. The number of nitrogens with one attached hydrogen (secondary N) is 2. The molecule has 1 aromatic heterocycles. The predicted molar refractivity (Wildman–Crippen MR) is 242 cm³/mol. The molecule has 3 heterocycles. The Kier molecular flexibility index (Phi) is 14.3. The van der Waals surface area contributed by atoms with Crippen LogP contribution in [0.5, 0.6) is 11.5 Å². The normalized spacial score (nSPS) is 20.4. The van der Waals surface area contributed by atoms with E-state index in [1.54, 1.807) is 27.2 Å². The van der Waals surface area contributed by atoms with Gasteiger partial charge in [0, 0.05) is 23.9 Å². The summed E-state index contributed by atoms with van der Waals surface area (Å²) in [4.78, 5) is 44.2. The van der Waals surface area contributed by atoms with Gasteiger partial charge in [0.1, 0.15) is 29.0 Å². The summed E-state index contributed by atoms with van der Waals surface area (Å²) >= 11 is 1.10. The largest absolute Gasteiger partial charge is 0.509 e. The van der Waals surface area contributed by atoms with Gasteiger partial charge in [0.15, 0.2) is 23.0 Å². The maximum atomic E-state index is 14.3. The zero-order valence-electron chi connectivity index (χ0n) is 36.6. The number of fused-ring (bicyclic) bond motifs is 1. The second kappa shape index (κ2) is 19.7. The molecule has 64 heavy (non-hydrogen) atoms. The van der Waals surface area contributed by atoms with E-state index in [-0.39, 0.29) is 36.4 Å². The number of nitrogens with zero attached hydrogens (tertiary/aromatic N) is 2. The Morgan fingerprint density at radius 1 is 0.859 bits per heavy atom. The fraction of sp³-hybridized carbons (Fsp3) is 0.362. The first kappa shape index (κ1) is 46.5. The van der Waals surface area contributed by atoms with Crippen LogP contribution < -0.4 is 25.6 Å². The van der Waals surface area contributed by atoms with Crippen molar-refractivity contribution in [2.24, 2.45) is 5.41 Å². The standard InChI is InChI=1S/C47H53N4O11PS/c1-7-45(2,3)42(52)64-29-28-58-63(55,48-30-32-14-10-8-11-15-32)59-31-38-40-46(4,62-44(54)61-40)41(60-38)51-27-26-39(49-43(51)53)50-47(33-16-12-9-13-17-33,34-18-22-36(56-5)23-19-34)35-20-24-37(57-6)25-21-35/h8-27,38,40-41H,7,28-31H2,1-6H3,(H,48,55)(H,49,50,53)/t38-,40-,41?,46-,63?/m1/s1. The van der Waals surface area contributed by atoms with Gasteiger partial charge in [-0.3, -0.25) is 18.4 Å². The van der Waals surface area contributed by atoms with Gasteiger partial charge in [-0.1, -0.05) is 117 Å². The number of aromatic nitrogens is 2. The summed E-state index contributed by atoms with van der Waals surface area (Å²) < 4.78 is 56.0. The van der Waals surface area contributed by atoms with Crippen molar-refractivity contribution in [3.63, 3.8) is 0 Å². The molecule has 338 valence electrons. The molecule has 2 saturated heterocycles. The van der Waals surface area contributed by atoms with E-state index in [1.165, 1.54) is 10.8 Å². The van der Waals surface area contributed by atoms with Crippen LogP contribution in [0.15, 0.2) is 126 Å². The third kappa shape index (κ3) is 9.92. The van der Waals surface area contributed by atoms with E-state index in [1.807, 2.05) is 130 Å². The summed E-state index contributed by atoms with van der Waals surface area (Å²) in [5.74, 6) is 1.81. The lowest BCUT2D eigenvalue weighted by Crippen LogP contribution is -2.45. The summed E-state index contributed by atoms with van der Waals surface area (Å²) in [6.07, 6.45) is -2.14. The zero-order chi connectivity index (χ0) is 45.5. The quantitative estimate of drug-likeness (QED) is 0.0329. The summed E-state index contributed by atoms with van der Waals surface area (Å²) in [7, 11) is -0.869. The Bertz CT molecular complexity index is 2450. The molecule has 0 bridgehead atoms. The maximum Gasteiger partial charge on any atom is 0.509 e. The van der Waals surface area contributed by atoms with Crippen LogP contribution in [0.1, 0.15) is 62.6 Å². The van der Waals surface area contributed by atoms with Crippen LogP contribution in [-0.2, 0) is 44.7 Å². The summed E-state index contributed by atoms with van der Waals surface area (Å²) in [5, 5.41) is 6.50. The average Bonchev–Trinajstić information content (AvgIpc) is 3.77. The highest BCUT2D eigenvalue weighted by Gasteiger charge is 2.64. The summed E-state index contributed by atoms with van der Waals surface area (Å²) in [6.45, 7) is 6.99. The SMILES string of the molecule is CCC(C)(C)C(=O)SCCOP(=O)(NCc1ccccc1)OC[C@H]1OC(n2ccc(NC(c3ccccc3)(c3ccc(OC)cc3)c3ccc(OC)cc3)nc2=O)[C@]2(C)OC(=O)O[C@H]12. The van der Waals surface area contributed by atoms with E-state index in [0.29, 0.717) is 17.9 Å². The number of thioether (sulfide) groups is 1. The molecule has 4 aromatic carbocycles. The third-order valence-electron chi connectivity index (χ3n) is 11.6. The molecule has 2 N–H and O–H groups in total. The molecular weight excluding hydrogens is 860 g/mol. The number of carbonyl (C=O) groups is 2. The second-order valence-corrected chi connectivity index (χ2v) is 19.0. The lowest BCUT2D eigenvalue weighted by Gasteiger charge is -2.37. The molecule has 2 aliphatic heterocycles. The minimum absolute atomic E-state index is 0.00197. The Balaban J connectivity index is 1.15. The number of carbonyl (C=O) groups excluding carboxylic acids is 2. The number of ether oxygens (including phenoxy) is 5. The number of hydrogen-bond acceptors (Lipinski definition) is 14. The van der Waals surface area contributed by atoms with Gasteiger partial charge in [-0.2, -0.15) is 4.98 Å². The lowest BCUT2D eigenvalue weighted by atomic mass is 9.77. The topological polar surface area (TPSA) is 175 Å². The van der Waals surface area contributed by atoms with E-state index in [2.05, 4.69) is 15.4 Å². The van der Waals surface area contributed by atoms with Gasteiger partial charge in [0.05, 0.1) is 27.4 Å². The number of rotatable bonds is 20. The molecule has 0 spiro atoms. The van der Waals surface area contributed by atoms with Crippen molar-refractivity contribution in [1.82, 2.24) is 14.6 Å². The monoisotopic (exact) mass is 912 g/mol. The minimum Gasteiger partial charge on any atom is -0.497 e. The first-order valence-electron chi connectivity index (χ1n) is 20.9. The van der Waals surface area contributed by atoms with Gasteiger partial charge in [0.25, 0.3) is 0 Å². The van der Waals surface area contributed by atoms with Crippen LogP contribution in [0.2, 0.25) is 0 Å². The van der Waals surface area contributed by atoms with Crippen LogP contribution in [0.4, 0.5) is 10.6 Å². The fourth-order valence-corrected chi connectivity index (χ4v) is 9.93. The van der Waals surface area contributed by atoms with E-state index >= 15 is 0 Å². The van der Waals surface area contributed by atoms with Crippen molar-refractivity contribution in [1.29, 1.82) is 0 Å². The van der Waals surface area contributed by atoms with Crippen LogP contribution >= 0.6 is 19.5 Å². The Labute approximate surface area is 376 Å².